The molecule has 1 aliphatic heterocycles. The molecule has 1 aromatic heterocycles. The molecule has 25 heavy (non-hydrogen) atoms. The van der Waals surface area contributed by atoms with Crippen LogP contribution in [-0.2, 0) is 0 Å². The van der Waals surface area contributed by atoms with Crippen molar-refractivity contribution in [3.8, 4) is 11.3 Å². The van der Waals surface area contributed by atoms with Crippen LogP contribution in [0.25, 0.3) is 11.3 Å². The number of hydrogen-bond donors (Lipinski definition) is 1. The van der Waals surface area contributed by atoms with Crippen molar-refractivity contribution in [1.82, 2.24) is 9.88 Å². The van der Waals surface area contributed by atoms with Gasteiger partial charge in [-0.15, -0.1) is 36.2 Å². The van der Waals surface area contributed by atoms with Gasteiger partial charge in [0.25, 0.3) is 5.91 Å². The number of carbonyl (C=O) groups excluding carboxylic acids is 1. The van der Waals surface area contributed by atoms with Gasteiger partial charge in [-0.3, -0.25) is 4.79 Å². The highest BCUT2D eigenvalue weighted by Gasteiger charge is 2.26. The molecule has 2 unspecified atom stereocenters. The second kappa shape index (κ2) is 9.53. The first kappa shape index (κ1) is 21.9. The van der Waals surface area contributed by atoms with Gasteiger partial charge in [-0.25, -0.2) is 4.98 Å². The number of benzene rings is 1. The van der Waals surface area contributed by atoms with Gasteiger partial charge in [0.1, 0.15) is 0 Å². The van der Waals surface area contributed by atoms with Crippen molar-refractivity contribution in [3.05, 3.63) is 40.2 Å². The Labute approximate surface area is 165 Å². The molecule has 1 amide bonds. The first-order valence-corrected chi connectivity index (χ1v) is 9.00. The second-order valence-electron chi connectivity index (χ2n) is 6.35. The van der Waals surface area contributed by atoms with Crippen LogP contribution in [-0.4, -0.2) is 34.9 Å². The van der Waals surface area contributed by atoms with Crippen LogP contribution in [0.4, 0.5) is 0 Å². The number of amides is 1. The molecule has 1 aliphatic rings. The monoisotopic (exact) mass is 401 g/mol. The van der Waals surface area contributed by atoms with Gasteiger partial charge >= 0.3 is 0 Å². The largest absolute Gasteiger partial charge is 0.338 e. The van der Waals surface area contributed by atoms with Crippen molar-refractivity contribution in [2.45, 2.75) is 32.7 Å². The van der Waals surface area contributed by atoms with Crippen LogP contribution >= 0.6 is 36.2 Å². The van der Waals surface area contributed by atoms with Gasteiger partial charge in [0.2, 0.25) is 0 Å². The number of hydrogen-bond acceptors (Lipinski definition) is 4. The minimum atomic E-state index is 0. The summed E-state index contributed by atoms with van der Waals surface area (Å²) in [5.74, 6) is 0.501. The predicted octanol–water partition coefficient (Wildman–Crippen LogP) is 4.16. The minimum absolute atomic E-state index is 0. The average Bonchev–Trinajstić information content (AvgIpc) is 3.01. The lowest BCUT2D eigenvalue weighted by atomic mass is 9.91. The smallest absolute Gasteiger partial charge is 0.253 e. The van der Waals surface area contributed by atoms with Crippen LogP contribution in [0.1, 0.15) is 35.1 Å². The Balaban J connectivity index is 0.00000156. The Bertz CT molecular complexity index is 705. The Morgan fingerprint density at radius 2 is 2.16 bits per heavy atom. The fourth-order valence-corrected chi connectivity index (χ4v) is 3.74. The van der Waals surface area contributed by atoms with Gasteiger partial charge in [-0.1, -0.05) is 12.1 Å². The minimum Gasteiger partial charge on any atom is -0.338 e. The van der Waals surface area contributed by atoms with E-state index in [-0.39, 0.29) is 36.8 Å². The topological polar surface area (TPSA) is 59.2 Å². The molecule has 138 valence electrons. The number of halogens is 2. The number of carbonyl (C=O) groups is 1. The van der Waals surface area contributed by atoms with Crippen molar-refractivity contribution in [2.24, 2.45) is 11.7 Å². The highest BCUT2D eigenvalue weighted by molar-refractivity contribution is 7.09. The Hall–Kier alpha value is -1.14. The lowest BCUT2D eigenvalue weighted by Gasteiger charge is -2.34. The number of aryl methyl sites for hydroxylation is 1. The van der Waals surface area contributed by atoms with E-state index in [1.807, 2.05) is 48.4 Å². The van der Waals surface area contributed by atoms with Gasteiger partial charge in [-0.05, 0) is 44.7 Å². The summed E-state index contributed by atoms with van der Waals surface area (Å²) in [7, 11) is 0. The molecule has 1 fully saturated rings. The van der Waals surface area contributed by atoms with Gasteiger partial charge < -0.3 is 10.6 Å². The molecule has 2 heterocycles. The summed E-state index contributed by atoms with van der Waals surface area (Å²) in [6.07, 6.45) is 2.14. The summed E-state index contributed by atoms with van der Waals surface area (Å²) in [5.41, 5.74) is 8.70. The van der Waals surface area contributed by atoms with E-state index in [1.54, 1.807) is 11.3 Å². The summed E-state index contributed by atoms with van der Waals surface area (Å²) in [5, 5.41) is 3.07. The van der Waals surface area contributed by atoms with Crippen molar-refractivity contribution in [2.75, 3.05) is 13.1 Å². The average molecular weight is 402 g/mol. The van der Waals surface area contributed by atoms with Crippen molar-refractivity contribution < 1.29 is 4.79 Å². The van der Waals surface area contributed by atoms with Crippen LogP contribution in [0.3, 0.4) is 0 Å². The summed E-state index contributed by atoms with van der Waals surface area (Å²) in [6.45, 7) is 5.60. The summed E-state index contributed by atoms with van der Waals surface area (Å²) in [4.78, 5) is 19.3. The van der Waals surface area contributed by atoms with E-state index in [2.05, 4.69) is 4.98 Å². The zero-order valence-corrected chi connectivity index (χ0v) is 16.9. The van der Waals surface area contributed by atoms with Crippen LogP contribution in [0.5, 0.6) is 0 Å². The van der Waals surface area contributed by atoms with Gasteiger partial charge in [0, 0.05) is 35.6 Å². The molecule has 0 bridgehead atoms. The van der Waals surface area contributed by atoms with E-state index in [9.17, 15) is 4.79 Å². The summed E-state index contributed by atoms with van der Waals surface area (Å²) < 4.78 is 0. The highest BCUT2D eigenvalue weighted by Crippen LogP contribution is 2.24. The lowest BCUT2D eigenvalue weighted by Crippen LogP contribution is -2.45. The third kappa shape index (κ3) is 5.17. The maximum absolute atomic E-state index is 12.8. The molecule has 0 spiro atoms. The molecule has 2 N–H and O–H groups in total. The number of nitrogens with two attached hydrogens (primary N) is 1. The van der Waals surface area contributed by atoms with E-state index in [4.69, 9.17) is 5.73 Å². The first-order valence-electron chi connectivity index (χ1n) is 8.12. The Morgan fingerprint density at radius 3 is 2.80 bits per heavy atom. The number of likely N-dealkylation sites (tertiary alicyclic amines) is 1. The normalized spacial score (nSPS) is 18.0. The maximum Gasteiger partial charge on any atom is 0.253 e. The molecule has 3 rings (SSSR count). The van der Waals surface area contributed by atoms with Gasteiger partial charge in [0.15, 0.2) is 0 Å². The molecule has 0 saturated carbocycles. The van der Waals surface area contributed by atoms with Crippen LogP contribution in [0.15, 0.2) is 29.6 Å². The zero-order valence-electron chi connectivity index (χ0n) is 14.5. The number of piperidine rings is 1. The van der Waals surface area contributed by atoms with E-state index in [0.717, 1.165) is 47.8 Å². The van der Waals surface area contributed by atoms with Crippen LogP contribution < -0.4 is 5.73 Å². The molecule has 7 heteroatoms. The van der Waals surface area contributed by atoms with E-state index < -0.39 is 0 Å². The number of nitrogens with zero attached hydrogens (tertiary/aromatic N) is 2. The second-order valence-corrected chi connectivity index (χ2v) is 7.41. The SMILES string of the molecule is Cc1nc(-c2cccc(C(=O)N3CCCC(C(C)N)C3)c2)cs1.Cl.Cl. The van der Waals surface area contributed by atoms with Crippen molar-refractivity contribution in [1.29, 1.82) is 0 Å². The molecule has 1 saturated heterocycles. The van der Waals surface area contributed by atoms with Crippen LogP contribution in [0.2, 0.25) is 0 Å². The highest BCUT2D eigenvalue weighted by atomic mass is 35.5. The quantitative estimate of drug-likeness (QED) is 0.839. The number of rotatable bonds is 3. The molecule has 2 atom stereocenters. The molecule has 4 nitrogen and oxygen atoms in total. The van der Waals surface area contributed by atoms with E-state index >= 15 is 0 Å². The Kier molecular flexibility index (Phi) is 8.35. The van der Waals surface area contributed by atoms with Gasteiger partial charge in [-0.2, -0.15) is 0 Å². The van der Waals surface area contributed by atoms with E-state index in [1.165, 1.54) is 0 Å². The van der Waals surface area contributed by atoms with Gasteiger partial charge in [0.05, 0.1) is 10.7 Å². The van der Waals surface area contributed by atoms with E-state index in [0.29, 0.717) is 5.92 Å². The standard InChI is InChI=1S/C18H23N3OS.2ClH/c1-12(19)16-7-4-8-21(10-16)18(22)15-6-3-5-14(9-15)17-11-23-13(2)20-17;;/h3,5-6,9,11-12,16H,4,7-8,10,19H2,1-2H3;2*1H. The van der Waals surface area contributed by atoms with Crippen molar-refractivity contribution >= 4 is 42.1 Å². The first-order chi connectivity index (χ1) is 11.0. The number of thiazole rings is 1. The summed E-state index contributed by atoms with van der Waals surface area (Å²) in [6, 6.07) is 7.92. The number of aromatic nitrogens is 1. The molecule has 0 aliphatic carbocycles. The fraction of sp³-hybridized carbons (Fsp3) is 0.444. The zero-order chi connectivity index (χ0) is 16.4. The van der Waals surface area contributed by atoms with Crippen LogP contribution in [0, 0.1) is 12.8 Å². The van der Waals surface area contributed by atoms with Crippen molar-refractivity contribution in [3.63, 3.8) is 0 Å². The fourth-order valence-electron chi connectivity index (χ4n) is 3.11. The third-order valence-electron chi connectivity index (χ3n) is 4.51. The predicted molar refractivity (Wildman–Crippen MR) is 109 cm³/mol. The molecule has 1 aromatic carbocycles. The third-order valence-corrected chi connectivity index (χ3v) is 5.29. The molecule has 0 radical (unpaired) electrons. The molecular weight excluding hydrogens is 377 g/mol. The lowest BCUT2D eigenvalue weighted by molar-refractivity contribution is 0.0661. The molecule has 2 aromatic rings. The molecular formula is C18H25Cl2N3OS. The summed E-state index contributed by atoms with van der Waals surface area (Å²) >= 11 is 1.62. The Morgan fingerprint density at radius 1 is 1.40 bits per heavy atom. The maximum atomic E-state index is 12.8.